The summed E-state index contributed by atoms with van der Waals surface area (Å²) in [7, 11) is 0. The number of unbranched alkanes of at least 4 members (excludes halogenated alkanes) is 2. The fraction of sp³-hybridized carbons (Fsp3) is 0.630. The third-order valence-corrected chi connectivity index (χ3v) is 8.27. The monoisotopic (exact) mass is 535 g/mol. The fourth-order valence-corrected chi connectivity index (χ4v) is 7.07. The van der Waals surface area contributed by atoms with Crippen LogP contribution in [0.1, 0.15) is 84.3 Å². The number of amides is 2. The van der Waals surface area contributed by atoms with Crippen LogP contribution in [-0.2, 0) is 6.42 Å². The summed E-state index contributed by atoms with van der Waals surface area (Å²) in [5.41, 5.74) is 1.25. The molecule has 0 unspecified atom stereocenters. The van der Waals surface area contributed by atoms with E-state index in [-0.39, 0.29) is 22.7 Å². The number of hydrogen-bond acceptors (Lipinski definition) is 4. The molecule has 1 heterocycles. The molecule has 2 amide bonds. The van der Waals surface area contributed by atoms with Gasteiger partial charge in [0.2, 0.25) is 0 Å². The van der Waals surface area contributed by atoms with Gasteiger partial charge >= 0.3 is 6.18 Å². The number of benzene rings is 1. The van der Waals surface area contributed by atoms with E-state index in [1.807, 2.05) is 5.32 Å². The molecule has 4 fully saturated rings. The molecule has 4 saturated carbocycles. The number of nitrogens with zero attached hydrogens (tertiary/aromatic N) is 3. The van der Waals surface area contributed by atoms with E-state index >= 15 is 0 Å². The Morgan fingerprint density at radius 3 is 2.16 bits per heavy atom. The molecule has 0 atom stereocenters. The van der Waals surface area contributed by atoms with Crippen LogP contribution in [0.4, 0.5) is 17.6 Å². The van der Waals surface area contributed by atoms with Crippen molar-refractivity contribution in [3.05, 3.63) is 41.2 Å². The van der Waals surface area contributed by atoms with Gasteiger partial charge in [0, 0.05) is 11.1 Å². The summed E-state index contributed by atoms with van der Waals surface area (Å²) < 4.78 is 51.5. The molecule has 2 aromatic rings. The summed E-state index contributed by atoms with van der Waals surface area (Å²) in [6.07, 6.45) is 4.47. The zero-order chi connectivity index (χ0) is 26.9. The molecule has 4 aliphatic rings. The summed E-state index contributed by atoms with van der Waals surface area (Å²) in [5.74, 6) is 0.925. The Morgan fingerprint density at radius 2 is 1.58 bits per heavy atom. The highest BCUT2D eigenvalue weighted by molar-refractivity contribution is 5.95. The molecule has 4 bridgehead atoms. The lowest BCUT2D eigenvalue weighted by molar-refractivity contribution is -0.123. The Bertz CT molecular complexity index is 1130. The van der Waals surface area contributed by atoms with Crippen molar-refractivity contribution >= 4 is 11.8 Å². The Balaban J connectivity index is 1.35. The number of rotatable bonds is 10. The van der Waals surface area contributed by atoms with Gasteiger partial charge in [-0.1, -0.05) is 11.6 Å². The zero-order valence-corrected chi connectivity index (χ0v) is 21.2. The van der Waals surface area contributed by atoms with Crippen LogP contribution < -0.4 is 10.6 Å². The number of carbonyl (C=O) groups is 2. The molecular weight excluding hydrogens is 502 g/mol. The Labute approximate surface area is 218 Å². The molecular formula is C27H33F4N5O2. The van der Waals surface area contributed by atoms with Crippen molar-refractivity contribution in [2.75, 3.05) is 13.2 Å². The van der Waals surface area contributed by atoms with Gasteiger partial charge in [-0.25, -0.2) is 4.68 Å². The van der Waals surface area contributed by atoms with E-state index < -0.39 is 25.3 Å². The minimum Gasteiger partial charge on any atom is -0.345 e. The predicted octanol–water partition coefficient (Wildman–Crippen LogP) is 4.94. The maximum Gasteiger partial charge on any atom is 0.405 e. The second-order valence-electron chi connectivity index (χ2n) is 11.3. The van der Waals surface area contributed by atoms with Crippen LogP contribution in [0.5, 0.6) is 0 Å². The van der Waals surface area contributed by atoms with Crippen molar-refractivity contribution in [2.45, 2.75) is 75.9 Å². The van der Waals surface area contributed by atoms with Crippen LogP contribution >= 0.6 is 0 Å². The predicted molar refractivity (Wildman–Crippen MR) is 132 cm³/mol. The zero-order valence-electron chi connectivity index (χ0n) is 21.2. The highest BCUT2D eigenvalue weighted by Gasteiger charge is 2.51. The van der Waals surface area contributed by atoms with Gasteiger partial charge in [-0.2, -0.15) is 13.2 Å². The van der Waals surface area contributed by atoms with Crippen LogP contribution in [0.3, 0.4) is 0 Å². The average Bonchev–Trinajstić information content (AvgIpc) is 3.28. The number of halogens is 4. The number of alkyl halides is 4. The van der Waals surface area contributed by atoms with Crippen molar-refractivity contribution in [1.29, 1.82) is 0 Å². The highest BCUT2D eigenvalue weighted by atomic mass is 19.4. The van der Waals surface area contributed by atoms with Crippen LogP contribution in [0.25, 0.3) is 5.69 Å². The molecule has 38 heavy (non-hydrogen) atoms. The third kappa shape index (κ3) is 5.86. The minimum absolute atomic E-state index is 0.0717. The SMILES string of the molecule is O=C(NCC(F)(F)F)c1ccc(-n2nnc(C(=O)NC34CC5CC(CC(C5)C3)C4)c2CCCCCF)cc1. The normalized spacial score (nSPS) is 25.9. The van der Waals surface area contributed by atoms with Crippen LogP contribution in [0, 0.1) is 17.8 Å². The molecule has 0 aliphatic heterocycles. The van der Waals surface area contributed by atoms with Crippen molar-refractivity contribution in [3.8, 4) is 5.69 Å². The molecule has 6 rings (SSSR count). The van der Waals surface area contributed by atoms with Crippen LogP contribution in [0.15, 0.2) is 24.3 Å². The van der Waals surface area contributed by atoms with E-state index in [0.717, 1.165) is 19.3 Å². The lowest BCUT2D eigenvalue weighted by atomic mass is 9.53. The smallest absolute Gasteiger partial charge is 0.345 e. The summed E-state index contributed by atoms with van der Waals surface area (Å²) in [6.45, 7) is -1.82. The van der Waals surface area contributed by atoms with Gasteiger partial charge in [-0.05, 0) is 99.8 Å². The van der Waals surface area contributed by atoms with E-state index in [1.54, 1.807) is 12.1 Å². The summed E-state index contributed by atoms with van der Waals surface area (Å²) in [4.78, 5) is 25.6. The largest absolute Gasteiger partial charge is 0.405 e. The van der Waals surface area contributed by atoms with Gasteiger partial charge in [-0.3, -0.25) is 14.0 Å². The van der Waals surface area contributed by atoms with Crippen molar-refractivity contribution < 1.29 is 27.2 Å². The van der Waals surface area contributed by atoms with Gasteiger partial charge in [0.1, 0.15) is 6.54 Å². The molecule has 7 nitrogen and oxygen atoms in total. The lowest BCUT2D eigenvalue weighted by Crippen LogP contribution is -2.60. The second-order valence-corrected chi connectivity index (χ2v) is 11.3. The first-order valence-electron chi connectivity index (χ1n) is 13.4. The summed E-state index contributed by atoms with van der Waals surface area (Å²) in [6, 6.07) is 5.93. The van der Waals surface area contributed by atoms with E-state index in [0.29, 0.717) is 54.8 Å². The fourth-order valence-electron chi connectivity index (χ4n) is 7.07. The quantitative estimate of drug-likeness (QED) is 0.333. The topological polar surface area (TPSA) is 88.9 Å². The molecule has 2 N–H and O–H groups in total. The van der Waals surface area contributed by atoms with Crippen molar-refractivity contribution in [2.24, 2.45) is 17.8 Å². The maximum atomic E-state index is 13.5. The van der Waals surface area contributed by atoms with Crippen LogP contribution in [-0.4, -0.2) is 51.7 Å². The molecule has 4 aliphatic carbocycles. The van der Waals surface area contributed by atoms with Gasteiger partial charge < -0.3 is 10.6 Å². The Hall–Kier alpha value is -2.98. The molecule has 11 heteroatoms. The van der Waals surface area contributed by atoms with Gasteiger partial charge in [-0.15, -0.1) is 5.10 Å². The molecule has 0 radical (unpaired) electrons. The first kappa shape index (κ1) is 26.6. The van der Waals surface area contributed by atoms with E-state index in [9.17, 15) is 27.2 Å². The maximum absolute atomic E-state index is 13.5. The van der Waals surface area contributed by atoms with Gasteiger partial charge in [0.25, 0.3) is 11.8 Å². The van der Waals surface area contributed by atoms with Crippen LogP contribution in [0.2, 0.25) is 0 Å². The standard InChI is InChI=1S/C27H33F4N5O2/c28-9-3-1-2-4-22-23(25(38)33-26-13-17-10-18(14-26)12-19(11-17)15-26)34-35-36(22)21-7-5-20(6-8-21)24(37)32-16-27(29,30)31/h5-8,17-19H,1-4,9-16H2,(H,32,37)(H,33,38). The van der Waals surface area contributed by atoms with Crippen molar-refractivity contribution in [1.82, 2.24) is 25.6 Å². The number of hydrogen-bond donors (Lipinski definition) is 2. The molecule has 206 valence electrons. The first-order valence-corrected chi connectivity index (χ1v) is 13.4. The molecule has 1 aromatic carbocycles. The second kappa shape index (κ2) is 10.6. The lowest BCUT2D eigenvalue weighted by Gasteiger charge is -2.56. The Morgan fingerprint density at radius 1 is 0.947 bits per heavy atom. The first-order chi connectivity index (χ1) is 18.1. The number of carbonyl (C=O) groups excluding carboxylic acids is 2. The molecule has 0 spiro atoms. The van der Waals surface area contributed by atoms with E-state index in [1.165, 1.54) is 36.1 Å². The van der Waals surface area contributed by atoms with E-state index in [2.05, 4.69) is 15.6 Å². The number of aromatic nitrogens is 3. The third-order valence-electron chi connectivity index (χ3n) is 8.27. The molecule has 1 aromatic heterocycles. The van der Waals surface area contributed by atoms with Gasteiger partial charge in [0.15, 0.2) is 5.69 Å². The van der Waals surface area contributed by atoms with E-state index in [4.69, 9.17) is 0 Å². The minimum atomic E-state index is -4.50. The summed E-state index contributed by atoms with van der Waals surface area (Å²) >= 11 is 0. The molecule has 0 saturated heterocycles. The van der Waals surface area contributed by atoms with Crippen molar-refractivity contribution in [3.63, 3.8) is 0 Å². The highest BCUT2D eigenvalue weighted by Crippen LogP contribution is 2.55. The number of nitrogens with one attached hydrogen (secondary N) is 2. The van der Waals surface area contributed by atoms with Gasteiger partial charge in [0.05, 0.1) is 18.1 Å². The summed E-state index contributed by atoms with van der Waals surface area (Å²) in [5, 5.41) is 13.6. The Kier molecular flexibility index (Phi) is 7.46. The average molecular weight is 536 g/mol.